The molecule has 0 unspecified atom stereocenters. The molecule has 5 nitrogen and oxygen atoms in total. The first-order valence-corrected chi connectivity index (χ1v) is 10.9. The van der Waals surface area contributed by atoms with Gasteiger partial charge in [-0.15, -0.1) is 0 Å². The fraction of sp³-hybridized carbons (Fsp3) is 0.440. The van der Waals surface area contributed by atoms with E-state index in [0.29, 0.717) is 6.54 Å². The van der Waals surface area contributed by atoms with E-state index < -0.39 is 0 Å². The highest BCUT2D eigenvalue weighted by Gasteiger charge is 2.19. The predicted octanol–water partition coefficient (Wildman–Crippen LogP) is 3.63. The van der Waals surface area contributed by atoms with E-state index in [4.69, 9.17) is 4.74 Å². The van der Waals surface area contributed by atoms with Crippen LogP contribution in [-0.4, -0.2) is 49.9 Å². The maximum Gasteiger partial charge on any atom is 0.223 e. The van der Waals surface area contributed by atoms with Crippen LogP contribution < -0.4 is 4.90 Å². The molecular formula is C25H30N2O3. The highest BCUT2D eigenvalue weighted by atomic mass is 16.5. The fourth-order valence-corrected chi connectivity index (χ4v) is 4.40. The summed E-state index contributed by atoms with van der Waals surface area (Å²) in [5, 5.41) is 0. The molecular weight excluding hydrogens is 376 g/mol. The Morgan fingerprint density at radius 3 is 2.60 bits per heavy atom. The molecule has 5 heteroatoms. The minimum atomic E-state index is 0.00119. The molecule has 0 saturated carbocycles. The van der Waals surface area contributed by atoms with Gasteiger partial charge in [0.05, 0.1) is 13.2 Å². The molecule has 0 bridgehead atoms. The number of benzene rings is 2. The molecule has 1 amide bonds. The van der Waals surface area contributed by atoms with Crippen LogP contribution >= 0.6 is 0 Å². The van der Waals surface area contributed by atoms with Gasteiger partial charge in [-0.2, -0.15) is 0 Å². The van der Waals surface area contributed by atoms with Gasteiger partial charge in [-0.05, 0) is 48.1 Å². The van der Waals surface area contributed by atoms with Crippen LogP contribution in [0.5, 0.6) is 0 Å². The molecule has 1 saturated heterocycles. The number of rotatable bonds is 7. The molecule has 4 rings (SSSR count). The fourth-order valence-electron chi connectivity index (χ4n) is 4.40. The number of Topliss-reactive ketones (excluding diaryl/α,β-unsaturated/α-hetero) is 1. The first-order valence-electron chi connectivity index (χ1n) is 10.9. The number of morpholine rings is 1. The molecule has 2 aromatic rings. The van der Waals surface area contributed by atoms with Crippen LogP contribution in [0, 0.1) is 0 Å². The Bertz CT molecular complexity index is 918. The summed E-state index contributed by atoms with van der Waals surface area (Å²) in [4.78, 5) is 29.3. The normalized spacial score (nSPS) is 15.7. The Balaban J connectivity index is 1.34. The lowest BCUT2D eigenvalue weighted by atomic mass is 10.0. The summed E-state index contributed by atoms with van der Waals surface area (Å²) in [7, 11) is 1.82. The van der Waals surface area contributed by atoms with Crippen molar-refractivity contribution in [2.24, 2.45) is 0 Å². The van der Waals surface area contributed by atoms with Crippen LogP contribution in [0.1, 0.15) is 46.3 Å². The van der Waals surface area contributed by atoms with Gasteiger partial charge in [0.1, 0.15) is 0 Å². The molecule has 0 atom stereocenters. The summed E-state index contributed by atoms with van der Waals surface area (Å²) in [5.41, 5.74) is 5.68. The van der Waals surface area contributed by atoms with Gasteiger partial charge in [-0.3, -0.25) is 9.59 Å². The highest BCUT2D eigenvalue weighted by molar-refractivity contribution is 5.98. The van der Waals surface area contributed by atoms with Gasteiger partial charge in [0.2, 0.25) is 5.91 Å². The Morgan fingerprint density at radius 1 is 1.00 bits per heavy atom. The van der Waals surface area contributed by atoms with E-state index in [2.05, 4.69) is 23.1 Å². The van der Waals surface area contributed by atoms with Crippen molar-refractivity contribution in [3.8, 4) is 0 Å². The Labute approximate surface area is 178 Å². The minimum absolute atomic E-state index is 0.00119. The third-order valence-electron chi connectivity index (χ3n) is 6.16. The maximum atomic E-state index is 12.7. The Morgan fingerprint density at radius 2 is 1.77 bits per heavy atom. The van der Waals surface area contributed by atoms with Crippen molar-refractivity contribution >= 4 is 17.4 Å². The van der Waals surface area contributed by atoms with Gasteiger partial charge in [0.15, 0.2) is 5.78 Å². The topological polar surface area (TPSA) is 49.9 Å². The molecule has 0 N–H and O–H groups in total. The molecule has 0 spiro atoms. The summed E-state index contributed by atoms with van der Waals surface area (Å²) in [6.07, 6.45) is 3.83. The molecule has 2 aromatic carbocycles. The highest BCUT2D eigenvalue weighted by Crippen LogP contribution is 2.24. The number of ketones is 1. The van der Waals surface area contributed by atoms with E-state index in [1.165, 1.54) is 17.5 Å². The first-order chi connectivity index (χ1) is 14.6. The van der Waals surface area contributed by atoms with Crippen molar-refractivity contribution in [1.82, 2.24) is 4.90 Å². The number of para-hydroxylation sites is 1. The van der Waals surface area contributed by atoms with E-state index in [0.717, 1.165) is 56.0 Å². The number of anilines is 1. The van der Waals surface area contributed by atoms with Crippen molar-refractivity contribution in [3.63, 3.8) is 0 Å². The summed E-state index contributed by atoms with van der Waals surface area (Å²) in [5.74, 6) is 0.0569. The second kappa shape index (κ2) is 9.43. The number of hydrogen-bond donors (Lipinski definition) is 0. The van der Waals surface area contributed by atoms with Crippen LogP contribution in [0.15, 0.2) is 42.5 Å². The van der Waals surface area contributed by atoms with E-state index in [1.54, 1.807) is 4.90 Å². The third-order valence-corrected chi connectivity index (χ3v) is 6.16. The predicted molar refractivity (Wildman–Crippen MR) is 118 cm³/mol. The minimum Gasteiger partial charge on any atom is -0.378 e. The van der Waals surface area contributed by atoms with E-state index >= 15 is 0 Å². The van der Waals surface area contributed by atoms with Crippen molar-refractivity contribution in [2.75, 3.05) is 38.3 Å². The van der Waals surface area contributed by atoms with Crippen molar-refractivity contribution in [1.29, 1.82) is 0 Å². The smallest absolute Gasteiger partial charge is 0.223 e. The molecule has 158 valence electrons. The summed E-state index contributed by atoms with van der Waals surface area (Å²) in [6.45, 7) is 3.73. The van der Waals surface area contributed by atoms with Crippen LogP contribution in [0.4, 0.5) is 5.69 Å². The number of carbonyl (C=O) groups excluding carboxylic acids is 2. The second-order valence-electron chi connectivity index (χ2n) is 8.24. The van der Waals surface area contributed by atoms with E-state index in [1.807, 2.05) is 31.3 Å². The molecule has 1 fully saturated rings. The van der Waals surface area contributed by atoms with Gasteiger partial charge in [-0.1, -0.05) is 30.3 Å². The van der Waals surface area contributed by atoms with Crippen LogP contribution in [-0.2, 0) is 28.9 Å². The number of aryl methyl sites for hydroxylation is 2. The zero-order valence-corrected chi connectivity index (χ0v) is 17.7. The number of ether oxygens (including phenoxy) is 1. The lowest BCUT2D eigenvalue weighted by molar-refractivity contribution is -0.130. The second-order valence-corrected chi connectivity index (χ2v) is 8.24. The van der Waals surface area contributed by atoms with Crippen molar-refractivity contribution in [2.45, 2.75) is 38.6 Å². The van der Waals surface area contributed by atoms with Gasteiger partial charge in [0, 0.05) is 50.8 Å². The molecule has 30 heavy (non-hydrogen) atoms. The van der Waals surface area contributed by atoms with Crippen LogP contribution in [0.2, 0.25) is 0 Å². The number of nitrogens with zero attached hydrogens (tertiary/aromatic N) is 2. The van der Waals surface area contributed by atoms with Gasteiger partial charge < -0.3 is 14.5 Å². The largest absolute Gasteiger partial charge is 0.378 e. The van der Waals surface area contributed by atoms with Gasteiger partial charge in [-0.25, -0.2) is 0 Å². The molecule has 1 aliphatic heterocycles. The summed E-state index contributed by atoms with van der Waals surface area (Å²) in [6, 6.07) is 14.2. The molecule has 1 aliphatic carbocycles. The zero-order valence-electron chi connectivity index (χ0n) is 17.7. The van der Waals surface area contributed by atoms with E-state index in [9.17, 15) is 9.59 Å². The number of fused-ring (bicyclic) bond motifs is 1. The average molecular weight is 407 g/mol. The van der Waals surface area contributed by atoms with Gasteiger partial charge >= 0.3 is 0 Å². The SMILES string of the molecule is CN(Cc1ccccc1N1CCOCC1)C(=O)CCC(=O)c1ccc2c(c1)CCC2. The van der Waals surface area contributed by atoms with Crippen molar-refractivity contribution < 1.29 is 14.3 Å². The zero-order chi connectivity index (χ0) is 20.9. The monoisotopic (exact) mass is 406 g/mol. The van der Waals surface area contributed by atoms with Crippen LogP contribution in [0.25, 0.3) is 0 Å². The lowest BCUT2D eigenvalue weighted by Crippen LogP contribution is -2.37. The number of hydrogen-bond acceptors (Lipinski definition) is 4. The quantitative estimate of drug-likeness (QED) is 0.659. The average Bonchev–Trinajstić information content (AvgIpc) is 3.26. The van der Waals surface area contributed by atoms with E-state index in [-0.39, 0.29) is 24.5 Å². The summed E-state index contributed by atoms with van der Waals surface area (Å²) >= 11 is 0. The molecule has 0 aromatic heterocycles. The Kier molecular flexibility index (Phi) is 6.48. The van der Waals surface area contributed by atoms with Crippen LogP contribution in [0.3, 0.4) is 0 Å². The molecule has 1 heterocycles. The standard InChI is InChI=1S/C25H30N2O3/c1-26(18-22-5-2-3-8-23(22)27-13-15-30-16-14-27)25(29)12-11-24(28)21-10-9-19-6-4-7-20(19)17-21/h2-3,5,8-10,17H,4,6-7,11-16,18H2,1H3. The maximum absolute atomic E-state index is 12.7. The molecule has 0 radical (unpaired) electrons. The summed E-state index contributed by atoms with van der Waals surface area (Å²) < 4.78 is 5.46. The lowest BCUT2D eigenvalue weighted by Gasteiger charge is -2.31. The molecule has 2 aliphatic rings. The third kappa shape index (κ3) is 4.73. The number of carbonyl (C=O) groups is 2. The van der Waals surface area contributed by atoms with Crippen molar-refractivity contribution in [3.05, 3.63) is 64.7 Å². The first kappa shape index (κ1) is 20.6. The Hall–Kier alpha value is -2.66. The van der Waals surface area contributed by atoms with Gasteiger partial charge in [0.25, 0.3) is 0 Å². The number of amides is 1.